The predicted molar refractivity (Wildman–Crippen MR) is 175 cm³/mol. The van der Waals surface area contributed by atoms with Gasteiger partial charge in [-0.3, -0.25) is 24.5 Å². The Morgan fingerprint density at radius 2 is 1.98 bits per heavy atom. The number of primary amides is 1. The van der Waals surface area contributed by atoms with Gasteiger partial charge in [0.05, 0.1) is 54.0 Å². The van der Waals surface area contributed by atoms with Crippen LogP contribution >= 0.6 is 11.6 Å². The van der Waals surface area contributed by atoms with Crippen LogP contribution in [-0.4, -0.2) is 80.8 Å². The number of carbonyl (C=O) groups excluding carboxylic acids is 2. The van der Waals surface area contributed by atoms with Crippen LogP contribution in [-0.2, 0) is 22.5 Å². The molecule has 0 saturated carbocycles. The Kier molecular flexibility index (Phi) is 9.48. The van der Waals surface area contributed by atoms with Crippen molar-refractivity contribution in [1.82, 2.24) is 30.0 Å². The average Bonchev–Trinajstić information content (AvgIpc) is 3.46. The van der Waals surface area contributed by atoms with E-state index < -0.39 is 5.91 Å². The number of rotatable bonds is 7. The molecule has 242 valence electrons. The van der Waals surface area contributed by atoms with Crippen LogP contribution in [0.5, 0.6) is 5.75 Å². The number of halogens is 1. The fourth-order valence-corrected chi connectivity index (χ4v) is 6.30. The van der Waals surface area contributed by atoms with Crippen LogP contribution in [0.3, 0.4) is 0 Å². The van der Waals surface area contributed by atoms with E-state index in [1.165, 1.54) is 38.3 Å². The number of fused-ring (bicyclic) bond motifs is 2. The number of nitrogens with zero attached hydrogens (tertiary/aromatic N) is 6. The standard InChI is InChI=1S/C24H22ClN7O3.C9H17NO/c1-12(2)5-16-22(23(26)34)21(15-9-29-31-24(15)30-16)13-3-4-17-18(6-13)35-11-20(33)32(17)10-19-27-7-14(25)8-28-19;1-8-3-2-4-10(5-8)9-6-11-7-9/h3-4,6-9,12H,5,10-11H2,1-2H3,(H2,26,34)(H,29,30,31);8-9H,2-7H2,1H3. The van der Waals surface area contributed by atoms with Gasteiger partial charge >= 0.3 is 0 Å². The van der Waals surface area contributed by atoms with Crippen LogP contribution in [0.4, 0.5) is 5.69 Å². The van der Waals surface area contributed by atoms with Gasteiger partial charge < -0.3 is 15.2 Å². The van der Waals surface area contributed by atoms with Gasteiger partial charge in [-0.1, -0.05) is 38.4 Å². The fourth-order valence-electron chi connectivity index (χ4n) is 6.20. The molecule has 12 nitrogen and oxygen atoms in total. The number of pyridine rings is 1. The van der Waals surface area contributed by atoms with Crippen molar-refractivity contribution in [2.75, 3.05) is 37.8 Å². The lowest BCUT2D eigenvalue weighted by atomic mass is 9.92. The lowest BCUT2D eigenvalue weighted by molar-refractivity contribution is -0.121. The van der Waals surface area contributed by atoms with Crippen LogP contribution in [0.25, 0.3) is 22.2 Å². The van der Waals surface area contributed by atoms with Crippen LogP contribution in [0.15, 0.2) is 36.8 Å². The third-order valence-corrected chi connectivity index (χ3v) is 8.71. The Labute approximate surface area is 272 Å². The summed E-state index contributed by atoms with van der Waals surface area (Å²) in [5, 5.41) is 8.10. The third kappa shape index (κ3) is 6.84. The van der Waals surface area contributed by atoms with Crippen LogP contribution in [0.1, 0.15) is 55.5 Å². The van der Waals surface area contributed by atoms with E-state index in [4.69, 9.17) is 26.8 Å². The topological polar surface area (TPSA) is 152 Å². The van der Waals surface area contributed by atoms with Crippen molar-refractivity contribution < 1.29 is 19.1 Å². The van der Waals surface area contributed by atoms with Gasteiger partial charge in [0.15, 0.2) is 12.3 Å². The molecule has 2 fully saturated rings. The second-order valence-electron chi connectivity index (χ2n) is 12.6. The summed E-state index contributed by atoms with van der Waals surface area (Å²) in [5.41, 5.74) is 9.27. The number of amides is 2. The van der Waals surface area contributed by atoms with Gasteiger partial charge in [0.1, 0.15) is 11.6 Å². The largest absolute Gasteiger partial charge is 0.482 e. The molecule has 3 aliphatic heterocycles. The van der Waals surface area contributed by atoms with Gasteiger partial charge in [-0.25, -0.2) is 15.0 Å². The maximum atomic E-state index is 12.7. The summed E-state index contributed by atoms with van der Waals surface area (Å²) in [5.74, 6) is 1.32. The number of benzene rings is 1. The SMILES string of the molecule is CC(C)Cc1nc2[nH]ncc2c(-c2ccc3c(c2)OCC(=O)N3Cc2ncc(Cl)cn2)c1C(N)=O.CC1CCCN(C2COC2)C1. The molecular formula is C33H39ClN8O4. The number of anilines is 1. The quantitative estimate of drug-likeness (QED) is 0.297. The Morgan fingerprint density at radius 1 is 1.20 bits per heavy atom. The molecule has 3 aromatic heterocycles. The molecule has 1 atom stereocenters. The Bertz CT molecular complexity index is 1720. The number of H-pyrrole nitrogens is 1. The minimum absolute atomic E-state index is 0.136. The minimum Gasteiger partial charge on any atom is -0.482 e. The van der Waals surface area contributed by atoms with E-state index in [1.54, 1.807) is 23.2 Å². The molecule has 3 aliphatic rings. The molecule has 0 spiro atoms. The highest BCUT2D eigenvalue weighted by atomic mass is 35.5. The molecule has 0 aliphatic carbocycles. The smallest absolute Gasteiger partial charge is 0.265 e. The van der Waals surface area contributed by atoms with Gasteiger partial charge in [-0.2, -0.15) is 5.10 Å². The zero-order valence-electron chi connectivity index (χ0n) is 26.3. The number of ether oxygens (including phenoxy) is 2. The summed E-state index contributed by atoms with van der Waals surface area (Å²) in [4.78, 5) is 42.4. The van der Waals surface area contributed by atoms with Gasteiger partial charge in [-0.15, -0.1) is 0 Å². The molecule has 0 radical (unpaired) electrons. The zero-order chi connectivity index (χ0) is 32.4. The number of nitrogens with two attached hydrogens (primary N) is 1. The first-order chi connectivity index (χ1) is 22.2. The van der Waals surface area contributed by atoms with Crippen molar-refractivity contribution in [2.45, 2.75) is 52.6 Å². The maximum absolute atomic E-state index is 12.7. The van der Waals surface area contributed by atoms with E-state index in [1.807, 2.05) is 19.9 Å². The first kappa shape index (κ1) is 31.8. The summed E-state index contributed by atoms with van der Waals surface area (Å²) >= 11 is 5.88. The monoisotopic (exact) mass is 646 g/mol. The average molecular weight is 647 g/mol. The summed E-state index contributed by atoms with van der Waals surface area (Å²) in [7, 11) is 0. The van der Waals surface area contributed by atoms with E-state index in [2.05, 4.69) is 37.0 Å². The number of likely N-dealkylation sites (tertiary alicyclic amines) is 1. The number of aromatic amines is 1. The lowest BCUT2D eigenvalue weighted by Gasteiger charge is -2.41. The van der Waals surface area contributed by atoms with Crippen LogP contribution in [0.2, 0.25) is 5.02 Å². The molecule has 4 aromatic rings. The number of hydrogen-bond acceptors (Lipinski definition) is 9. The minimum atomic E-state index is -0.568. The van der Waals surface area contributed by atoms with E-state index in [0.29, 0.717) is 62.1 Å². The van der Waals surface area contributed by atoms with E-state index >= 15 is 0 Å². The van der Waals surface area contributed by atoms with Gasteiger partial charge in [-0.05, 0) is 55.3 Å². The number of aromatic nitrogens is 5. The van der Waals surface area contributed by atoms with Crippen molar-refractivity contribution in [2.24, 2.45) is 17.6 Å². The normalized spacial score (nSPS) is 18.5. The molecular weight excluding hydrogens is 608 g/mol. The molecule has 6 heterocycles. The molecule has 13 heteroatoms. The van der Waals surface area contributed by atoms with E-state index in [9.17, 15) is 9.59 Å². The molecule has 0 bridgehead atoms. The summed E-state index contributed by atoms with van der Waals surface area (Å²) < 4.78 is 10.9. The number of carbonyl (C=O) groups is 2. The van der Waals surface area contributed by atoms with Gasteiger partial charge in [0.25, 0.3) is 11.8 Å². The van der Waals surface area contributed by atoms with Crippen LogP contribution < -0.4 is 15.4 Å². The van der Waals surface area contributed by atoms with Crippen molar-refractivity contribution in [3.8, 4) is 16.9 Å². The zero-order valence-corrected chi connectivity index (χ0v) is 27.1. The number of hydrogen-bond donors (Lipinski definition) is 2. The van der Waals surface area contributed by atoms with Gasteiger partial charge in [0.2, 0.25) is 0 Å². The summed E-state index contributed by atoms with van der Waals surface area (Å²) in [6.07, 6.45) is 7.97. The second kappa shape index (κ2) is 13.7. The third-order valence-electron chi connectivity index (χ3n) is 8.51. The lowest BCUT2D eigenvalue weighted by Crippen LogP contribution is -2.52. The first-order valence-electron chi connectivity index (χ1n) is 15.7. The predicted octanol–water partition coefficient (Wildman–Crippen LogP) is 4.41. The Hall–Kier alpha value is -4.13. The second-order valence-corrected chi connectivity index (χ2v) is 13.0. The Balaban J connectivity index is 0.000000283. The first-order valence-corrected chi connectivity index (χ1v) is 16.1. The van der Waals surface area contributed by atoms with Crippen molar-refractivity contribution in [3.63, 3.8) is 0 Å². The number of nitrogens with one attached hydrogen (secondary N) is 1. The molecule has 1 unspecified atom stereocenters. The van der Waals surface area contributed by atoms with Crippen molar-refractivity contribution >= 4 is 40.1 Å². The number of piperidine rings is 1. The highest BCUT2D eigenvalue weighted by Gasteiger charge is 2.30. The fraction of sp³-hybridized carbons (Fsp3) is 0.455. The molecule has 46 heavy (non-hydrogen) atoms. The molecule has 2 saturated heterocycles. The molecule has 1 aromatic carbocycles. The van der Waals surface area contributed by atoms with E-state index in [-0.39, 0.29) is 25.0 Å². The highest BCUT2D eigenvalue weighted by Crippen LogP contribution is 2.40. The van der Waals surface area contributed by atoms with Gasteiger partial charge in [0, 0.05) is 29.9 Å². The van der Waals surface area contributed by atoms with Crippen LogP contribution in [0, 0.1) is 11.8 Å². The van der Waals surface area contributed by atoms with E-state index in [0.717, 1.165) is 25.2 Å². The highest BCUT2D eigenvalue weighted by molar-refractivity contribution is 6.30. The molecule has 2 amide bonds. The summed E-state index contributed by atoms with van der Waals surface area (Å²) in [6.45, 7) is 11.0. The van der Waals surface area contributed by atoms with Crippen molar-refractivity contribution in [1.29, 1.82) is 0 Å². The maximum Gasteiger partial charge on any atom is 0.265 e. The molecule has 7 rings (SSSR count). The summed E-state index contributed by atoms with van der Waals surface area (Å²) in [6, 6.07) is 6.16. The van der Waals surface area contributed by atoms with Crippen molar-refractivity contribution in [3.05, 3.63) is 58.9 Å². The molecule has 3 N–H and O–H groups in total. The Morgan fingerprint density at radius 3 is 2.65 bits per heavy atom.